The lowest BCUT2D eigenvalue weighted by atomic mass is 10.3. The van der Waals surface area contributed by atoms with E-state index in [-0.39, 0.29) is 0 Å². The van der Waals surface area contributed by atoms with E-state index in [4.69, 9.17) is 16.9 Å². The second-order valence-corrected chi connectivity index (χ2v) is 3.43. The van der Waals surface area contributed by atoms with Gasteiger partial charge in [0.05, 0.1) is 22.5 Å². The third-order valence-electron chi connectivity index (χ3n) is 1.95. The normalized spacial score (nSPS) is 9.93. The summed E-state index contributed by atoms with van der Waals surface area (Å²) in [6.07, 6.45) is 3.19. The van der Waals surface area contributed by atoms with Gasteiger partial charge in [-0.2, -0.15) is 10.4 Å². The van der Waals surface area contributed by atoms with E-state index in [1.54, 1.807) is 23.0 Å². The van der Waals surface area contributed by atoms with E-state index in [2.05, 4.69) is 10.1 Å². The zero-order chi connectivity index (χ0) is 10.8. The summed E-state index contributed by atoms with van der Waals surface area (Å²) in [6.45, 7) is 1.82. The predicted molar refractivity (Wildman–Crippen MR) is 55.8 cm³/mol. The SMILES string of the molecule is Cc1nn(-c2ccc(C#N)cn2)cc1Cl. The highest BCUT2D eigenvalue weighted by molar-refractivity contribution is 6.31. The van der Waals surface area contributed by atoms with Crippen molar-refractivity contribution in [2.75, 3.05) is 0 Å². The van der Waals surface area contributed by atoms with Crippen LogP contribution in [0.3, 0.4) is 0 Å². The number of aromatic nitrogens is 3. The molecule has 0 aliphatic heterocycles. The summed E-state index contributed by atoms with van der Waals surface area (Å²) >= 11 is 5.87. The minimum atomic E-state index is 0.522. The first kappa shape index (κ1) is 9.69. The Labute approximate surface area is 91.7 Å². The first-order valence-electron chi connectivity index (χ1n) is 4.29. The Kier molecular flexibility index (Phi) is 2.40. The minimum absolute atomic E-state index is 0.522. The van der Waals surface area contributed by atoms with Crippen molar-refractivity contribution < 1.29 is 0 Å². The van der Waals surface area contributed by atoms with Gasteiger partial charge in [-0.15, -0.1) is 0 Å². The van der Waals surface area contributed by atoms with Gasteiger partial charge < -0.3 is 0 Å². The Morgan fingerprint density at radius 2 is 2.27 bits per heavy atom. The summed E-state index contributed by atoms with van der Waals surface area (Å²) in [7, 11) is 0. The van der Waals surface area contributed by atoms with Crippen LogP contribution >= 0.6 is 11.6 Å². The van der Waals surface area contributed by atoms with Gasteiger partial charge in [-0.25, -0.2) is 9.67 Å². The third-order valence-corrected chi connectivity index (χ3v) is 2.32. The smallest absolute Gasteiger partial charge is 0.153 e. The van der Waals surface area contributed by atoms with Crippen molar-refractivity contribution in [3.8, 4) is 11.9 Å². The number of hydrogen-bond donors (Lipinski definition) is 0. The van der Waals surface area contributed by atoms with Crippen LogP contribution in [0.2, 0.25) is 5.02 Å². The average molecular weight is 219 g/mol. The molecule has 74 valence electrons. The molecule has 0 saturated carbocycles. The van der Waals surface area contributed by atoms with E-state index in [0.717, 1.165) is 5.69 Å². The monoisotopic (exact) mass is 218 g/mol. The third kappa shape index (κ3) is 1.83. The maximum Gasteiger partial charge on any atom is 0.153 e. The topological polar surface area (TPSA) is 54.5 Å². The van der Waals surface area contributed by atoms with Crippen LogP contribution in [0.1, 0.15) is 11.3 Å². The van der Waals surface area contributed by atoms with Crippen molar-refractivity contribution in [2.45, 2.75) is 6.92 Å². The van der Waals surface area contributed by atoms with Crippen LogP contribution in [-0.4, -0.2) is 14.8 Å². The fourth-order valence-corrected chi connectivity index (χ4v) is 1.27. The second-order valence-electron chi connectivity index (χ2n) is 3.02. The second kappa shape index (κ2) is 3.71. The molecule has 2 rings (SSSR count). The van der Waals surface area contributed by atoms with Gasteiger partial charge in [-0.3, -0.25) is 0 Å². The molecule has 0 aromatic carbocycles. The van der Waals surface area contributed by atoms with E-state index in [0.29, 0.717) is 16.4 Å². The van der Waals surface area contributed by atoms with Crippen LogP contribution in [0.5, 0.6) is 0 Å². The summed E-state index contributed by atoms with van der Waals surface area (Å²) in [5.41, 5.74) is 1.27. The molecular formula is C10H7ClN4. The van der Waals surface area contributed by atoms with Crippen molar-refractivity contribution in [1.29, 1.82) is 5.26 Å². The van der Waals surface area contributed by atoms with E-state index < -0.39 is 0 Å². The molecule has 0 N–H and O–H groups in total. The minimum Gasteiger partial charge on any atom is -0.236 e. The van der Waals surface area contributed by atoms with Gasteiger partial charge in [0.2, 0.25) is 0 Å². The largest absolute Gasteiger partial charge is 0.236 e. The van der Waals surface area contributed by atoms with Gasteiger partial charge in [-0.1, -0.05) is 11.6 Å². The molecule has 0 fully saturated rings. The molecule has 2 aromatic heterocycles. The Hall–Kier alpha value is -1.86. The van der Waals surface area contributed by atoms with Gasteiger partial charge in [0.25, 0.3) is 0 Å². The number of hydrogen-bond acceptors (Lipinski definition) is 3. The first-order chi connectivity index (χ1) is 7.20. The van der Waals surface area contributed by atoms with Gasteiger partial charge in [-0.05, 0) is 19.1 Å². The molecule has 0 bridgehead atoms. The summed E-state index contributed by atoms with van der Waals surface area (Å²) in [5.74, 6) is 0.643. The van der Waals surface area contributed by atoms with Crippen LogP contribution in [-0.2, 0) is 0 Å². The first-order valence-corrected chi connectivity index (χ1v) is 4.67. The highest BCUT2D eigenvalue weighted by Crippen LogP contribution is 2.14. The highest BCUT2D eigenvalue weighted by atomic mass is 35.5. The molecule has 15 heavy (non-hydrogen) atoms. The molecule has 0 aliphatic rings. The van der Waals surface area contributed by atoms with Crippen molar-refractivity contribution >= 4 is 11.6 Å². The lowest BCUT2D eigenvalue weighted by Gasteiger charge is -1.98. The number of halogens is 1. The fourth-order valence-electron chi connectivity index (χ4n) is 1.14. The summed E-state index contributed by atoms with van der Waals surface area (Å²) in [4.78, 5) is 4.09. The molecule has 2 heterocycles. The van der Waals surface area contributed by atoms with Gasteiger partial charge in [0, 0.05) is 6.20 Å². The number of nitriles is 1. The van der Waals surface area contributed by atoms with Gasteiger partial charge in [0.15, 0.2) is 5.82 Å². The molecule has 4 nitrogen and oxygen atoms in total. The Morgan fingerprint density at radius 1 is 1.47 bits per heavy atom. The van der Waals surface area contributed by atoms with Crippen LogP contribution in [0, 0.1) is 18.3 Å². The van der Waals surface area contributed by atoms with E-state index in [1.807, 2.05) is 13.0 Å². The molecule has 0 radical (unpaired) electrons. The maximum atomic E-state index is 8.61. The maximum absolute atomic E-state index is 8.61. The molecule has 0 unspecified atom stereocenters. The van der Waals surface area contributed by atoms with Gasteiger partial charge >= 0.3 is 0 Å². The van der Waals surface area contributed by atoms with Crippen LogP contribution in [0.4, 0.5) is 0 Å². The molecule has 2 aromatic rings. The summed E-state index contributed by atoms with van der Waals surface area (Å²) < 4.78 is 1.58. The van der Waals surface area contributed by atoms with E-state index >= 15 is 0 Å². The molecule has 0 saturated heterocycles. The number of pyridine rings is 1. The van der Waals surface area contributed by atoms with Crippen molar-refractivity contribution in [2.24, 2.45) is 0 Å². The lowest BCUT2D eigenvalue weighted by molar-refractivity contribution is 0.832. The molecule has 0 atom stereocenters. The van der Waals surface area contributed by atoms with Crippen molar-refractivity contribution in [3.05, 3.63) is 40.8 Å². The molecule has 5 heteroatoms. The lowest BCUT2D eigenvalue weighted by Crippen LogP contribution is -1.97. The molecular weight excluding hydrogens is 212 g/mol. The standard InChI is InChI=1S/C10H7ClN4/c1-7-9(11)6-15(14-7)10-3-2-8(4-12)5-13-10/h2-3,5-6H,1H3. The average Bonchev–Trinajstić information content (AvgIpc) is 2.59. The Balaban J connectivity index is 2.42. The zero-order valence-corrected chi connectivity index (χ0v) is 8.73. The Bertz CT molecular complexity index is 502. The summed E-state index contributed by atoms with van der Waals surface area (Å²) in [5, 5.41) is 13.4. The van der Waals surface area contributed by atoms with E-state index in [9.17, 15) is 0 Å². The highest BCUT2D eigenvalue weighted by Gasteiger charge is 2.04. The van der Waals surface area contributed by atoms with Crippen LogP contribution in [0.15, 0.2) is 24.5 Å². The van der Waals surface area contributed by atoms with Crippen molar-refractivity contribution in [1.82, 2.24) is 14.8 Å². The molecule has 0 aliphatic carbocycles. The zero-order valence-electron chi connectivity index (χ0n) is 7.98. The number of nitrogens with zero attached hydrogens (tertiary/aromatic N) is 4. The van der Waals surface area contributed by atoms with Crippen molar-refractivity contribution in [3.63, 3.8) is 0 Å². The van der Waals surface area contributed by atoms with Crippen LogP contribution < -0.4 is 0 Å². The molecule has 0 amide bonds. The summed E-state index contributed by atoms with van der Waals surface area (Å²) in [6, 6.07) is 5.42. The predicted octanol–water partition coefficient (Wildman–Crippen LogP) is 2.10. The quantitative estimate of drug-likeness (QED) is 0.737. The fraction of sp³-hybridized carbons (Fsp3) is 0.100. The van der Waals surface area contributed by atoms with E-state index in [1.165, 1.54) is 6.20 Å². The Morgan fingerprint density at radius 3 is 2.73 bits per heavy atom. The number of rotatable bonds is 1. The van der Waals surface area contributed by atoms with Gasteiger partial charge in [0.1, 0.15) is 6.07 Å². The number of aryl methyl sites for hydroxylation is 1. The molecule has 0 spiro atoms. The van der Waals surface area contributed by atoms with Crippen LogP contribution in [0.25, 0.3) is 5.82 Å².